The molecule has 1 amide bonds. The predicted molar refractivity (Wildman–Crippen MR) is 101 cm³/mol. The summed E-state index contributed by atoms with van der Waals surface area (Å²) in [6, 6.07) is 17.2. The fourth-order valence-electron chi connectivity index (χ4n) is 4.02. The van der Waals surface area contributed by atoms with Gasteiger partial charge in [0.15, 0.2) is 0 Å². The lowest BCUT2D eigenvalue weighted by Crippen LogP contribution is -2.65. The molecule has 5 nitrogen and oxygen atoms in total. The molecule has 0 spiro atoms. The van der Waals surface area contributed by atoms with Crippen LogP contribution in [0.25, 0.3) is 11.1 Å². The minimum atomic E-state index is -0.507. The van der Waals surface area contributed by atoms with Gasteiger partial charge >= 0.3 is 0 Å². The van der Waals surface area contributed by atoms with Crippen LogP contribution in [0.5, 0.6) is 5.75 Å². The topological polar surface area (TPSA) is 73.6 Å². The lowest BCUT2D eigenvalue weighted by Gasteiger charge is -2.51. The third kappa shape index (κ3) is 2.96. The van der Waals surface area contributed by atoms with Gasteiger partial charge in [0.1, 0.15) is 11.8 Å². The quantitative estimate of drug-likeness (QED) is 0.887. The molecule has 0 radical (unpaired) electrons. The largest absolute Gasteiger partial charge is 0.496 e. The molecule has 4 rings (SSSR count). The normalized spacial score (nSPS) is 24.0. The predicted octanol–water partition coefficient (Wildman–Crippen LogP) is 2.95. The second-order valence-corrected chi connectivity index (χ2v) is 7.19. The van der Waals surface area contributed by atoms with Crippen molar-refractivity contribution in [1.82, 2.24) is 4.90 Å². The van der Waals surface area contributed by atoms with Crippen LogP contribution in [0.2, 0.25) is 0 Å². The molecular weight excluding hydrogens is 340 g/mol. The number of methoxy groups -OCH3 is 1. The number of aliphatic hydroxyl groups is 1. The van der Waals surface area contributed by atoms with Crippen molar-refractivity contribution in [3.8, 4) is 22.9 Å². The number of carbonyl (C=O) groups excluding carboxylic acids is 1. The number of nitrogens with zero attached hydrogens (tertiary/aromatic N) is 2. The highest BCUT2D eigenvalue weighted by Gasteiger charge is 2.53. The van der Waals surface area contributed by atoms with Crippen LogP contribution in [-0.2, 0) is 4.79 Å². The summed E-state index contributed by atoms with van der Waals surface area (Å²) >= 11 is 0. The van der Waals surface area contributed by atoms with Crippen molar-refractivity contribution in [3.05, 3.63) is 54.1 Å². The van der Waals surface area contributed by atoms with Crippen LogP contribution >= 0.6 is 0 Å². The first kappa shape index (κ1) is 17.6. The van der Waals surface area contributed by atoms with E-state index >= 15 is 0 Å². The Hall–Kier alpha value is -2.84. The van der Waals surface area contributed by atoms with E-state index in [0.717, 1.165) is 35.3 Å². The Labute approximate surface area is 158 Å². The number of ether oxygens (including phenoxy) is 1. The van der Waals surface area contributed by atoms with Crippen LogP contribution in [0.4, 0.5) is 0 Å². The van der Waals surface area contributed by atoms with Crippen LogP contribution in [0.3, 0.4) is 0 Å². The molecule has 2 aromatic rings. The Morgan fingerprint density at radius 2 is 1.93 bits per heavy atom. The van der Waals surface area contributed by atoms with Gasteiger partial charge in [-0.2, -0.15) is 5.26 Å². The van der Waals surface area contributed by atoms with Crippen molar-refractivity contribution >= 4 is 5.91 Å². The van der Waals surface area contributed by atoms with Crippen molar-refractivity contribution in [2.45, 2.75) is 30.8 Å². The van der Waals surface area contributed by atoms with Gasteiger partial charge in [-0.25, -0.2) is 0 Å². The number of nitriles is 1. The van der Waals surface area contributed by atoms with Gasteiger partial charge < -0.3 is 14.7 Å². The fraction of sp³-hybridized carbons (Fsp3) is 0.364. The average molecular weight is 362 g/mol. The molecule has 1 aliphatic heterocycles. The van der Waals surface area contributed by atoms with Crippen LogP contribution < -0.4 is 4.74 Å². The van der Waals surface area contributed by atoms with Gasteiger partial charge in [0, 0.05) is 17.4 Å². The van der Waals surface area contributed by atoms with E-state index in [1.54, 1.807) is 12.0 Å². The smallest absolute Gasteiger partial charge is 0.227 e. The van der Waals surface area contributed by atoms with Crippen LogP contribution in [0, 0.1) is 17.2 Å². The maximum atomic E-state index is 12.5. The molecule has 1 saturated heterocycles. The van der Waals surface area contributed by atoms with Gasteiger partial charge in [0.25, 0.3) is 0 Å². The molecular formula is C22H22N2O3. The summed E-state index contributed by atoms with van der Waals surface area (Å²) in [6.07, 6.45) is 1.79. The molecule has 1 N–H and O–H groups in total. The Morgan fingerprint density at radius 1 is 1.22 bits per heavy atom. The Balaban J connectivity index is 1.60. The van der Waals surface area contributed by atoms with Crippen molar-refractivity contribution < 1.29 is 14.6 Å². The van der Waals surface area contributed by atoms with E-state index in [4.69, 9.17) is 4.74 Å². The van der Waals surface area contributed by atoms with Crippen LogP contribution in [-0.4, -0.2) is 41.7 Å². The summed E-state index contributed by atoms with van der Waals surface area (Å²) in [7, 11) is 1.65. The second-order valence-electron chi connectivity index (χ2n) is 7.19. The number of carbonyl (C=O) groups is 1. The second kappa shape index (κ2) is 7.05. The Morgan fingerprint density at radius 3 is 2.52 bits per heavy atom. The van der Waals surface area contributed by atoms with Gasteiger partial charge in [-0.3, -0.25) is 4.79 Å². The highest BCUT2D eigenvalue weighted by Crippen LogP contribution is 2.44. The maximum absolute atomic E-state index is 12.5. The first-order valence-electron chi connectivity index (χ1n) is 9.25. The number of rotatable bonds is 5. The number of para-hydroxylation sites is 1. The molecule has 1 heterocycles. The molecule has 138 valence electrons. The molecule has 1 aliphatic carbocycles. The lowest BCUT2D eigenvalue weighted by atomic mass is 9.75. The van der Waals surface area contributed by atoms with E-state index in [2.05, 4.69) is 6.07 Å². The third-order valence-corrected chi connectivity index (χ3v) is 5.63. The van der Waals surface area contributed by atoms with Gasteiger partial charge in [0.2, 0.25) is 5.91 Å². The average Bonchev–Trinajstić information content (AvgIpc) is 3.53. The number of hydrogen-bond donors (Lipinski definition) is 1. The van der Waals surface area contributed by atoms with Gasteiger partial charge in [-0.1, -0.05) is 42.5 Å². The van der Waals surface area contributed by atoms with Crippen molar-refractivity contribution in [1.29, 1.82) is 5.26 Å². The van der Waals surface area contributed by atoms with Gasteiger partial charge in [-0.15, -0.1) is 0 Å². The Kier molecular flexibility index (Phi) is 4.59. The highest BCUT2D eigenvalue weighted by atomic mass is 16.5. The van der Waals surface area contributed by atoms with Gasteiger partial charge in [0.05, 0.1) is 25.8 Å². The number of benzene rings is 2. The number of aliphatic hydroxyl groups excluding tert-OH is 1. The standard InChI is InChI=1S/C22H22N2O3/c1-27-20-5-3-2-4-17(20)14-6-8-15(9-7-14)21-18(12-23)24(19(21)13-25)22(26)16-10-11-16/h2-9,16,18-19,21,25H,10-11,13H2,1H3/t18-,19+,21+/m1/s1. The zero-order valence-corrected chi connectivity index (χ0v) is 15.2. The summed E-state index contributed by atoms with van der Waals surface area (Å²) < 4.78 is 5.43. The van der Waals surface area contributed by atoms with E-state index in [9.17, 15) is 15.2 Å². The van der Waals surface area contributed by atoms with Crippen LogP contribution in [0.15, 0.2) is 48.5 Å². The summed E-state index contributed by atoms with van der Waals surface area (Å²) in [5.41, 5.74) is 3.00. The molecule has 0 aromatic heterocycles. The zero-order chi connectivity index (χ0) is 19.0. The fourth-order valence-corrected chi connectivity index (χ4v) is 4.02. The number of hydrogen-bond acceptors (Lipinski definition) is 4. The molecule has 2 aliphatic rings. The van der Waals surface area contributed by atoms with E-state index < -0.39 is 6.04 Å². The summed E-state index contributed by atoms with van der Waals surface area (Å²) in [4.78, 5) is 14.1. The minimum absolute atomic E-state index is 0.0162. The summed E-state index contributed by atoms with van der Waals surface area (Å²) in [5.74, 6) is 0.707. The molecule has 3 atom stereocenters. The van der Waals surface area contributed by atoms with Crippen LogP contribution in [0.1, 0.15) is 24.3 Å². The summed E-state index contributed by atoms with van der Waals surface area (Å²) in [5, 5.41) is 19.4. The maximum Gasteiger partial charge on any atom is 0.227 e. The number of likely N-dealkylation sites (tertiary alicyclic amines) is 1. The third-order valence-electron chi connectivity index (χ3n) is 5.63. The minimum Gasteiger partial charge on any atom is -0.496 e. The van der Waals surface area contributed by atoms with E-state index in [0.29, 0.717) is 0 Å². The molecule has 2 fully saturated rings. The molecule has 0 bridgehead atoms. The van der Waals surface area contributed by atoms with E-state index in [-0.39, 0.29) is 30.4 Å². The van der Waals surface area contributed by atoms with Gasteiger partial charge in [-0.05, 0) is 30.0 Å². The SMILES string of the molecule is COc1ccccc1-c1ccc([C@H]2[C@@H](C#N)N(C(=O)C3CC3)[C@H]2CO)cc1. The van der Waals surface area contributed by atoms with E-state index in [1.807, 2.05) is 48.5 Å². The van der Waals surface area contributed by atoms with E-state index in [1.165, 1.54) is 0 Å². The first-order valence-corrected chi connectivity index (χ1v) is 9.25. The zero-order valence-electron chi connectivity index (χ0n) is 15.2. The Bertz CT molecular complexity index is 883. The first-order chi connectivity index (χ1) is 13.2. The lowest BCUT2D eigenvalue weighted by molar-refractivity contribution is -0.148. The summed E-state index contributed by atoms with van der Waals surface area (Å²) in [6.45, 7) is -0.129. The molecule has 5 heteroatoms. The number of amides is 1. The van der Waals surface area contributed by atoms with Crippen molar-refractivity contribution in [2.75, 3.05) is 13.7 Å². The van der Waals surface area contributed by atoms with Crippen molar-refractivity contribution in [2.24, 2.45) is 5.92 Å². The molecule has 1 saturated carbocycles. The molecule has 2 aromatic carbocycles. The monoisotopic (exact) mass is 362 g/mol. The highest BCUT2D eigenvalue weighted by molar-refractivity contribution is 5.83. The molecule has 0 unspecified atom stereocenters. The van der Waals surface area contributed by atoms with Crippen molar-refractivity contribution in [3.63, 3.8) is 0 Å². The molecule has 27 heavy (non-hydrogen) atoms.